The summed E-state index contributed by atoms with van der Waals surface area (Å²) in [4.78, 5) is 0. The van der Waals surface area contributed by atoms with E-state index in [9.17, 15) is 0 Å². The summed E-state index contributed by atoms with van der Waals surface area (Å²) in [5.41, 5.74) is 3.54. The maximum atomic E-state index is 9.16. The molecule has 1 atom stereocenters. The van der Waals surface area contributed by atoms with E-state index in [1.165, 1.54) is 11.1 Å². The molecule has 0 heterocycles. The molecule has 1 aromatic rings. The molecule has 16 heavy (non-hydrogen) atoms. The number of hydrogen-bond acceptors (Lipinski definition) is 3. The van der Waals surface area contributed by atoms with Gasteiger partial charge < -0.3 is 15.2 Å². The molecule has 0 saturated carbocycles. The van der Waals surface area contributed by atoms with Crippen LogP contribution >= 0.6 is 0 Å². The second-order valence-corrected chi connectivity index (χ2v) is 4.18. The highest BCUT2D eigenvalue weighted by atomic mass is 16.5. The number of ether oxygens (including phenoxy) is 1. The fourth-order valence-corrected chi connectivity index (χ4v) is 1.69. The van der Waals surface area contributed by atoms with Gasteiger partial charge in [0.15, 0.2) is 0 Å². The topological polar surface area (TPSA) is 41.5 Å². The van der Waals surface area contributed by atoms with E-state index in [2.05, 4.69) is 31.3 Å². The van der Waals surface area contributed by atoms with Gasteiger partial charge in [-0.1, -0.05) is 12.1 Å². The van der Waals surface area contributed by atoms with Gasteiger partial charge in [-0.25, -0.2) is 0 Å². The summed E-state index contributed by atoms with van der Waals surface area (Å²) < 4.78 is 5.41. The fourth-order valence-electron chi connectivity index (χ4n) is 1.69. The van der Waals surface area contributed by atoms with Crippen LogP contribution in [0, 0.1) is 13.8 Å². The lowest BCUT2D eigenvalue weighted by molar-refractivity contribution is 0.191. The fraction of sp³-hybridized carbons (Fsp3) is 0.538. The number of methoxy groups -OCH3 is 1. The molecule has 0 saturated heterocycles. The number of aryl methyl sites for hydroxylation is 1. The Hall–Kier alpha value is -1.06. The minimum absolute atomic E-state index is 0.322. The first-order chi connectivity index (χ1) is 7.56. The predicted octanol–water partition coefficient (Wildman–Crippen LogP) is 1.78. The zero-order valence-corrected chi connectivity index (χ0v) is 10.5. The summed E-state index contributed by atoms with van der Waals surface area (Å²) in [7, 11) is 1.69. The summed E-state index contributed by atoms with van der Waals surface area (Å²) in [6.45, 7) is 7.22. The maximum Gasteiger partial charge on any atom is 0.126 e. The lowest BCUT2D eigenvalue weighted by atomic mass is 10.0. The Balaban J connectivity index is 2.76. The van der Waals surface area contributed by atoms with Crippen LogP contribution in [0.3, 0.4) is 0 Å². The average Bonchev–Trinajstić information content (AvgIpc) is 2.23. The van der Waals surface area contributed by atoms with Crippen LogP contribution in [0.25, 0.3) is 0 Å². The summed E-state index contributed by atoms with van der Waals surface area (Å²) in [5, 5.41) is 12.4. The first-order valence-electron chi connectivity index (χ1n) is 5.58. The Labute approximate surface area is 97.4 Å². The standard InChI is InChI=1S/C13H21NO2/c1-9-5-6-12(8-14-7-10(2)15)13(16-4)11(9)3/h5-6,10,14-15H,7-8H2,1-4H3/t10-/m0/s1. The molecular weight excluding hydrogens is 202 g/mol. The molecule has 0 aliphatic heterocycles. The van der Waals surface area contributed by atoms with Crippen LogP contribution in [0.2, 0.25) is 0 Å². The molecule has 0 aliphatic carbocycles. The molecule has 0 aromatic heterocycles. The van der Waals surface area contributed by atoms with Gasteiger partial charge in [-0.15, -0.1) is 0 Å². The van der Waals surface area contributed by atoms with Crippen LogP contribution in [0.1, 0.15) is 23.6 Å². The second kappa shape index (κ2) is 5.87. The maximum absolute atomic E-state index is 9.16. The molecule has 1 rings (SSSR count). The Bertz CT molecular complexity index is 348. The molecule has 0 radical (unpaired) electrons. The van der Waals surface area contributed by atoms with Gasteiger partial charge in [-0.2, -0.15) is 0 Å². The minimum atomic E-state index is -0.322. The Morgan fingerprint density at radius 1 is 1.38 bits per heavy atom. The van der Waals surface area contributed by atoms with Crippen LogP contribution in [0.15, 0.2) is 12.1 Å². The van der Waals surface area contributed by atoms with Crippen LogP contribution in [-0.4, -0.2) is 24.9 Å². The molecule has 3 heteroatoms. The second-order valence-electron chi connectivity index (χ2n) is 4.18. The van der Waals surface area contributed by atoms with E-state index in [-0.39, 0.29) is 6.10 Å². The van der Waals surface area contributed by atoms with Crippen LogP contribution < -0.4 is 10.1 Å². The quantitative estimate of drug-likeness (QED) is 0.799. The zero-order chi connectivity index (χ0) is 12.1. The predicted molar refractivity (Wildman–Crippen MR) is 65.9 cm³/mol. The van der Waals surface area contributed by atoms with Crippen LogP contribution in [0.5, 0.6) is 5.75 Å². The molecule has 3 nitrogen and oxygen atoms in total. The van der Waals surface area contributed by atoms with Crippen molar-refractivity contribution in [1.82, 2.24) is 5.32 Å². The normalized spacial score (nSPS) is 12.6. The van der Waals surface area contributed by atoms with Gasteiger partial charge in [0.25, 0.3) is 0 Å². The highest BCUT2D eigenvalue weighted by molar-refractivity contribution is 5.45. The van der Waals surface area contributed by atoms with E-state index >= 15 is 0 Å². The molecule has 2 N–H and O–H groups in total. The van der Waals surface area contributed by atoms with Crippen LogP contribution in [-0.2, 0) is 6.54 Å². The monoisotopic (exact) mass is 223 g/mol. The van der Waals surface area contributed by atoms with Gasteiger partial charge in [0, 0.05) is 18.7 Å². The lowest BCUT2D eigenvalue weighted by Gasteiger charge is -2.14. The van der Waals surface area contributed by atoms with Crippen LogP contribution in [0.4, 0.5) is 0 Å². The van der Waals surface area contributed by atoms with Crippen molar-refractivity contribution < 1.29 is 9.84 Å². The van der Waals surface area contributed by atoms with Crippen molar-refractivity contribution in [3.8, 4) is 5.75 Å². The first kappa shape index (κ1) is 13.0. The van der Waals surface area contributed by atoms with E-state index in [1.54, 1.807) is 14.0 Å². The minimum Gasteiger partial charge on any atom is -0.496 e. The number of benzene rings is 1. The SMILES string of the molecule is COc1c(CNC[C@H](C)O)ccc(C)c1C. The molecule has 0 unspecified atom stereocenters. The van der Waals surface area contributed by atoms with Gasteiger partial charge in [-0.3, -0.25) is 0 Å². The van der Waals surface area contributed by atoms with E-state index in [4.69, 9.17) is 9.84 Å². The molecular formula is C13H21NO2. The molecule has 90 valence electrons. The van der Waals surface area contributed by atoms with E-state index in [0.717, 1.165) is 17.9 Å². The summed E-state index contributed by atoms with van der Waals surface area (Å²) in [5.74, 6) is 0.943. The number of aliphatic hydroxyl groups excluding tert-OH is 1. The lowest BCUT2D eigenvalue weighted by Crippen LogP contribution is -2.24. The van der Waals surface area contributed by atoms with Crippen molar-refractivity contribution in [3.63, 3.8) is 0 Å². The average molecular weight is 223 g/mol. The highest BCUT2D eigenvalue weighted by Crippen LogP contribution is 2.25. The van der Waals surface area contributed by atoms with Crippen molar-refractivity contribution in [1.29, 1.82) is 0 Å². The van der Waals surface area contributed by atoms with Gasteiger partial charge in [-0.05, 0) is 31.9 Å². The Kier molecular flexibility index (Phi) is 4.77. The summed E-state index contributed by atoms with van der Waals surface area (Å²) >= 11 is 0. The van der Waals surface area contributed by atoms with Crippen molar-refractivity contribution in [2.75, 3.05) is 13.7 Å². The van der Waals surface area contributed by atoms with E-state index in [1.807, 2.05) is 0 Å². The van der Waals surface area contributed by atoms with Gasteiger partial charge in [0.2, 0.25) is 0 Å². The van der Waals surface area contributed by atoms with Gasteiger partial charge >= 0.3 is 0 Å². The number of nitrogens with one attached hydrogen (secondary N) is 1. The summed E-state index contributed by atoms with van der Waals surface area (Å²) in [6.07, 6.45) is -0.322. The zero-order valence-electron chi connectivity index (χ0n) is 10.5. The largest absolute Gasteiger partial charge is 0.496 e. The molecule has 0 amide bonds. The van der Waals surface area contributed by atoms with E-state index in [0.29, 0.717) is 6.54 Å². The van der Waals surface area contributed by atoms with E-state index < -0.39 is 0 Å². The number of hydrogen-bond donors (Lipinski definition) is 2. The third-order valence-electron chi connectivity index (χ3n) is 2.72. The van der Waals surface area contributed by atoms with Crippen molar-refractivity contribution in [2.45, 2.75) is 33.4 Å². The van der Waals surface area contributed by atoms with Gasteiger partial charge in [0.1, 0.15) is 5.75 Å². The molecule has 0 aliphatic rings. The molecule has 0 spiro atoms. The highest BCUT2D eigenvalue weighted by Gasteiger charge is 2.08. The van der Waals surface area contributed by atoms with Gasteiger partial charge in [0.05, 0.1) is 13.2 Å². The number of rotatable bonds is 5. The smallest absolute Gasteiger partial charge is 0.126 e. The molecule has 1 aromatic carbocycles. The third kappa shape index (κ3) is 3.22. The van der Waals surface area contributed by atoms with Crippen molar-refractivity contribution >= 4 is 0 Å². The summed E-state index contributed by atoms with van der Waals surface area (Å²) in [6, 6.07) is 4.16. The Morgan fingerprint density at radius 3 is 2.62 bits per heavy atom. The molecule has 0 bridgehead atoms. The first-order valence-corrected chi connectivity index (χ1v) is 5.58. The molecule has 0 fully saturated rings. The van der Waals surface area contributed by atoms with Crippen molar-refractivity contribution in [3.05, 3.63) is 28.8 Å². The third-order valence-corrected chi connectivity index (χ3v) is 2.72. The van der Waals surface area contributed by atoms with Crippen molar-refractivity contribution in [2.24, 2.45) is 0 Å². The number of aliphatic hydroxyl groups is 1. The Morgan fingerprint density at radius 2 is 2.06 bits per heavy atom.